The van der Waals surface area contributed by atoms with E-state index in [0.29, 0.717) is 23.5 Å². The summed E-state index contributed by atoms with van der Waals surface area (Å²) in [4.78, 5) is 22.8. The quantitative estimate of drug-likeness (QED) is 0.428. The Bertz CT molecular complexity index is 1270. The number of benzene rings is 2. The number of nitrogens with zero attached hydrogens (tertiary/aromatic N) is 3. The Morgan fingerprint density at radius 1 is 0.964 bits per heavy atom. The fourth-order valence-electron chi connectivity index (χ4n) is 2.64. The highest BCUT2D eigenvalue weighted by Crippen LogP contribution is 2.26. The summed E-state index contributed by atoms with van der Waals surface area (Å²) >= 11 is 0. The van der Waals surface area contributed by atoms with Gasteiger partial charge in [0, 0.05) is 24.7 Å². The number of H-pyrrole nitrogens is 1. The van der Waals surface area contributed by atoms with Gasteiger partial charge in [-0.15, -0.1) is 0 Å². The standard InChI is InChI=1S/C18H10F4N4O2/c1-26-15(8-2-4-9(19)5-3-8)23-14-16(26)24-18(25-17(14)27)28-13-7-11(21)10(20)6-12(13)22/h2-7H,1H3,(H,24,25,27). The second-order valence-electron chi connectivity index (χ2n) is 5.84. The van der Waals surface area contributed by atoms with E-state index in [9.17, 15) is 22.4 Å². The van der Waals surface area contributed by atoms with Crippen molar-refractivity contribution in [3.05, 3.63) is 70.0 Å². The molecule has 1 N–H and O–H groups in total. The molecule has 142 valence electrons. The maximum atomic E-state index is 13.8. The summed E-state index contributed by atoms with van der Waals surface area (Å²) in [6.45, 7) is 0. The molecule has 2 aromatic heterocycles. The Hall–Kier alpha value is -3.69. The van der Waals surface area contributed by atoms with E-state index in [4.69, 9.17) is 4.74 Å². The second kappa shape index (κ2) is 6.48. The zero-order valence-electron chi connectivity index (χ0n) is 14.1. The van der Waals surface area contributed by atoms with Crippen molar-refractivity contribution in [2.24, 2.45) is 7.05 Å². The van der Waals surface area contributed by atoms with Crippen LogP contribution < -0.4 is 10.3 Å². The number of aromatic nitrogens is 4. The van der Waals surface area contributed by atoms with Gasteiger partial charge in [-0.1, -0.05) is 0 Å². The first-order valence-electron chi connectivity index (χ1n) is 7.88. The molecular formula is C18H10F4N4O2. The number of hydrogen-bond donors (Lipinski definition) is 1. The summed E-state index contributed by atoms with van der Waals surface area (Å²) in [5.41, 5.74) is -0.0802. The minimum atomic E-state index is -1.38. The molecule has 6 nitrogen and oxygen atoms in total. The summed E-state index contributed by atoms with van der Waals surface area (Å²) < 4.78 is 59.8. The van der Waals surface area contributed by atoms with Gasteiger partial charge in [-0.3, -0.25) is 9.78 Å². The lowest BCUT2D eigenvalue weighted by Gasteiger charge is -2.06. The van der Waals surface area contributed by atoms with Crippen LogP contribution in [-0.2, 0) is 7.05 Å². The van der Waals surface area contributed by atoms with Gasteiger partial charge in [0.2, 0.25) is 0 Å². The van der Waals surface area contributed by atoms with Gasteiger partial charge in [0.15, 0.2) is 34.4 Å². The number of imidazole rings is 1. The normalized spacial score (nSPS) is 11.2. The van der Waals surface area contributed by atoms with Crippen LogP contribution in [0, 0.1) is 23.3 Å². The first-order chi connectivity index (χ1) is 13.3. The van der Waals surface area contributed by atoms with E-state index in [1.54, 1.807) is 7.05 Å². The molecule has 0 aliphatic carbocycles. The first kappa shape index (κ1) is 17.7. The van der Waals surface area contributed by atoms with Gasteiger partial charge in [0.1, 0.15) is 11.6 Å². The largest absolute Gasteiger partial charge is 0.422 e. The molecule has 28 heavy (non-hydrogen) atoms. The zero-order valence-corrected chi connectivity index (χ0v) is 14.1. The van der Waals surface area contributed by atoms with Crippen LogP contribution in [0.2, 0.25) is 0 Å². The van der Waals surface area contributed by atoms with Crippen LogP contribution in [0.5, 0.6) is 11.8 Å². The lowest BCUT2D eigenvalue weighted by atomic mass is 10.2. The first-order valence-corrected chi connectivity index (χ1v) is 7.88. The average molecular weight is 390 g/mol. The van der Waals surface area contributed by atoms with Crippen LogP contribution >= 0.6 is 0 Å². The zero-order chi connectivity index (χ0) is 20.0. The van der Waals surface area contributed by atoms with Crippen molar-refractivity contribution in [2.45, 2.75) is 0 Å². The van der Waals surface area contributed by atoms with E-state index in [-0.39, 0.29) is 11.2 Å². The van der Waals surface area contributed by atoms with Gasteiger partial charge in [-0.05, 0) is 24.3 Å². The van der Waals surface area contributed by atoms with Crippen molar-refractivity contribution in [3.63, 3.8) is 0 Å². The molecule has 4 aromatic rings. The third-order valence-electron chi connectivity index (χ3n) is 3.99. The summed E-state index contributed by atoms with van der Waals surface area (Å²) in [5, 5.41) is 0. The molecule has 0 fully saturated rings. The van der Waals surface area contributed by atoms with Crippen molar-refractivity contribution < 1.29 is 22.3 Å². The van der Waals surface area contributed by atoms with E-state index in [1.807, 2.05) is 0 Å². The summed E-state index contributed by atoms with van der Waals surface area (Å²) in [5.74, 6) is -4.61. The van der Waals surface area contributed by atoms with Crippen LogP contribution in [0.3, 0.4) is 0 Å². The SMILES string of the molecule is Cn1c(-c2ccc(F)cc2)nc2c(=O)[nH]c(Oc3cc(F)c(F)cc3F)nc21. The third kappa shape index (κ3) is 2.98. The summed E-state index contributed by atoms with van der Waals surface area (Å²) in [6.07, 6.45) is 0. The van der Waals surface area contributed by atoms with Crippen molar-refractivity contribution in [2.75, 3.05) is 0 Å². The maximum absolute atomic E-state index is 13.8. The van der Waals surface area contributed by atoms with Crippen molar-refractivity contribution in [1.82, 2.24) is 19.5 Å². The number of fused-ring (bicyclic) bond motifs is 1. The number of rotatable bonds is 3. The molecular weight excluding hydrogens is 380 g/mol. The maximum Gasteiger partial charge on any atom is 0.304 e. The molecule has 0 radical (unpaired) electrons. The van der Waals surface area contributed by atoms with Crippen molar-refractivity contribution in [1.29, 1.82) is 0 Å². The van der Waals surface area contributed by atoms with E-state index in [1.165, 1.54) is 28.8 Å². The smallest absolute Gasteiger partial charge is 0.304 e. The average Bonchev–Trinajstić information content (AvgIpc) is 2.98. The number of ether oxygens (including phenoxy) is 1. The fraction of sp³-hybridized carbons (Fsp3) is 0.0556. The molecule has 2 aromatic carbocycles. The molecule has 0 aliphatic heterocycles. The topological polar surface area (TPSA) is 72.8 Å². The Morgan fingerprint density at radius 2 is 1.64 bits per heavy atom. The Labute approximate surface area is 154 Å². The number of aromatic amines is 1. The lowest BCUT2D eigenvalue weighted by molar-refractivity contribution is 0.398. The fourth-order valence-corrected chi connectivity index (χ4v) is 2.64. The predicted octanol–water partition coefficient (Wildman–Crippen LogP) is 3.67. The summed E-state index contributed by atoms with van der Waals surface area (Å²) in [6, 6.07) is 5.84. The van der Waals surface area contributed by atoms with E-state index in [2.05, 4.69) is 15.0 Å². The number of hydrogen-bond acceptors (Lipinski definition) is 4. The van der Waals surface area contributed by atoms with Gasteiger partial charge in [-0.25, -0.2) is 22.5 Å². The molecule has 2 heterocycles. The number of aryl methyl sites for hydroxylation is 1. The second-order valence-corrected chi connectivity index (χ2v) is 5.84. The van der Waals surface area contributed by atoms with Crippen LogP contribution in [0.4, 0.5) is 17.6 Å². The summed E-state index contributed by atoms with van der Waals surface area (Å²) in [7, 11) is 1.57. The molecule has 0 bridgehead atoms. The monoisotopic (exact) mass is 390 g/mol. The third-order valence-corrected chi connectivity index (χ3v) is 3.99. The van der Waals surface area contributed by atoms with Crippen LogP contribution in [0.15, 0.2) is 41.2 Å². The van der Waals surface area contributed by atoms with E-state index >= 15 is 0 Å². The Kier molecular flexibility index (Phi) is 4.10. The van der Waals surface area contributed by atoms with Gasteiger partial charge < -0.3 is 9.30 Å². The molecule has 0 spiro atoms. The van der Waals surface area contributed by atoms with E-state index in [0.717, 1.165) is 0 Å². The van der Waals surface area contributed by atoms with Crippen LogP contribution in [0.25, 0.3) is 22.6 Å². The van der Waals surface area contributed by atoms with Gasteiger partial charge in [0.05, 0.1) is 0 Å². The minimum Gasteiger partial charge on any atom is -0.422 e. The molecule has 0 unspecified atom stereocenters. The molecule has 0 saturated carbocycles. The van der Waals surface area contributed by atoms with Gasteiger partial charge in [-0.2, -0.15) is 4.98 Å². The highest BCUT2D eigenvalue weighted by atomic mass is 19.2. The minimum absolute atomic E-state index is 0.0278. The molecule has 0 aliphatic rings. The molecule has 4 rings (SSSR count). The lowest BCUT2D eigenvalue weighted by Crippen LogP contribution is -2.10. The number of nitrogens with one attached hydrogen (secondary N) is 1. The van der Waals surface area contributed by atoms with Gasteiger partial charge >= 0.3 is 6.01 Å². The van der Waals surface area contributed by atoms with Crippen LogP contribution in [-0.4, -0.2) is 19.5 Å². The van der Waals surface area contributed by atoms with Crippen LogP contribution in [0.1, 0.15) is 0 Å². The highest BCUT2D eigenvalue weighted by Gasteiger charge is 2.18. The van der Waals surface area contributed by atoms with Crippen molar-refractivity contribution >= 4 is 11.2 Å². The Balaban J connectivity index is 1.80. The Morgan fingerprint density at radius 3 is 2.36 bits per heavy atom. The van der Waals surface area contributed by atoms with Crippen molar-refractivity contribution in [3.8, 4) is 23.1 Å². The number of halogens is 4. The van der Waals surface area contributed by atoms with Gasteiger partial charge in [0.25, 0.3) is 5.56 Å². The molecule has 0 atom stereocenters. The highest BCUT2D eigenvalue weighted by molar-refractivity contribution is 5.76. The predicted molar refractivity (Wildman–Crippen MR) is 90.9 cm³/mol. The molecule has 0 saturated heterocycles. The molecule has 10 heteroatoms. The molecule has 0 amide bonds. The van der Waals surface area contributed by atoms with E-state index < -0.39 is 40.6 Å².